The average Bonchev–Trinajstić information content (AvgIpc) is 2.51. The largest absolute Gasteiger partial charge is 0.366 e. The van der Waals surface area contributed by atoms with Crippen molar-refractivity contribution in [3.8, 4) is 0 Å². The van der Waals surface area contributed by atoms with E-state index in [0.717, 1.165) is 6.42 Å². The molecule has 0 radical (unpaired) electrons. The molecule has 0 aliphatic carbocycles. The summed E-state index contributed by atoms with van der Waals surface area (Å²) in [7, 11) is 0. The second-order valence-electron chi connectivity index (χ2n) is 6.22. The summed E-state index contributed by atoms with van der Waals surface area (Å²) in [5.41, 5.74) is 1.26. The van der Waals surface area contributed by atoms with Crippen molar-refractivity contribution >= 4 is 11.8 Å². The summed E-state index contributed by atoms with van der Waals surface area (Å²) in [5.74, 6) is 0. The summed E-state index contributed by atoms with van der Waals surface area (Å²) >= 11 is 1.94. The molecule has 110 valence electrons. The van der Waals surface area contributed by atoms with Crippen molar-refractivity contribution in [2.24, 2.45) is 0 Å². The highest BCUT2D eigenvalue weighted by molar-refractivity contribution is 8.00. The molecule has 0 N–H and O–H groups in total. The van der Waals surface area contributed by atoms with E-state index in [-0.39, 0.29) is 11.7 Å². The first-order valence-corrected chi connectivity index (χ1v) is 8.46. The highest BCUT2D eigenvalue weighted by Gasteiger charge is 2.36. The van der Waals surface area contributed by atoms with Crippen LogP contribution in [0.4, 0.5) is 0 Å². The molecule has 0 unspecified atom stereocenters. The third kappa shape index (κ3) is 3.69. The second-order valence-corrected chi connectivity index (χ2v) is 7.53. The van der Waals surface area contributed by atoms with Crippen molar-refractivity contribution in [2.45, 2.75) is 48.5 Å². The third-order valence-corrected chi connectivity index (χ3v) is 5.30. The lowest BCUT2D eigenvalue weighted by Gasteiger charge is -2.41. The number of rotatable bonds is 3. The van der Waals surface area contributed by atoms with Gasteiger partial charge in [0.1, 0.15) is 0 Å². The van der Waals surface area contributed by atoms with Crippen LogP contribution >= 0.6 is 11.8 Å². The van der Waals surface area contributed by atoms with Gasteiger partial charge >= 0.3 is 0 Å². The molecule has 0 amide bonds. The van der Waals surface area contributed by atoms with E-state index in [0.29, 0.717) is 5.25 Å². The van der Waals surface area contributed by atoms with Gasteiger partial charge in [0.25, 0.3) is 0 Å². The van der Waals surface area contributed by atoms with Gasteiger partial charge in [0.2, 0.25) is 0 Å². The number of hydrogen-bond donors (Lipinski definition) is 0. The minimum atomic E-state index is -0.0335. The van der Waals surface area contributed by atoms with Crippen molar-refractivity contribution in [1.29, 1.82) is 0 Å². The highest BCUT2D eigenvalue weighted by Crippen LogP contribution is 2.44. The van der Waals surface area contributed by atoms with E-state index in [9.17, 15) is 0 Å². The van der Waals surface area contributed by atoms with Crippen LogP contribution in [0, 0.1) is 0 Å². The maximum atomic E-state index is 6.42. The van der Waals surface area contributed by atoms with E-state index >= 15 is 0 Å². The van der Waals surface area contributed by atoms with Crippen molar-refractivity contribution in [2.75, 3.05) is 0 Å². The predicted molar refractivity (Wildman–Crippen MR) is 89.7 cm³/mol. The first-order chi connectivity index (χ1) is 10.1. The Morgan fingerprint density at radius 2 is 1.57 bits per heavy atom. The fraction of sp³-hybridized carbons (Fsp3) is 0.368. The van der Waals surface area contributed by atoms with Crippen LogP contribution in [0.5, 0.6) is 0 Å². The van der Waals surface area contributed by atoms with Gasteiger partial charge in [0.05, 0.1) is 11.7 Å². The Kier molecular flexibility index (Phi) is 4.37. The van der Waals surface area contributed by atoms with Gasteiger partial charge in [-0.1, -0.05) is 48.5 Å². The molecule has 0 bridgehead atoms. The summed E-state index contributed by atoms with van der Waals surface area (Å²) in [4.78, 5) is 1.33. The lowest BCUT2D eigenvalue weighted by molar-refractivity contribution is -0.105. The fourth-order valence-corrected chi connectivity index (χ4v) is 4.08. The maximum Gasteiger partial charge on any atom is 0.0954 e. The van der Waals surface area contributed by atoms with Crippen molar-refractivity contribution in [3.05, 3.63) is 66.2 Å². The molecule has 1 saturated heterocycles. The number of hydrogen-bond acceptors (Lipinski definition) is 2. The molecule has 1 aliphatic rings. The van der Waals surface area contributed by atoms with Gasteiger partial charge in [-0.2, -0.15) is 0 Å². The molecule has 1 fully saturated rings. The Hall–Kier alpha value is -1.25. The summed E-state index contributed by atoms with van der Waals surface area (Å²) in [6.45, 7) is 4.40. The van der Waals surface area contributed by atoms with E-state index in [1.165, 1.54) is 16.9 Å². The molecule has 0 aromatic heterocycles. The minimum absolute atomic E-state index is 0.0335. The fourth-order valence-electron chi connectivity index (χ4n) is 2.84. The molecule has 1 heterocycles. The topological polar surface area (TPSA) is 9.23 Å². The summed E-state index contributed by atoms with van der Waals surface area (Å²) in [6.07, 6.45) is 2.47. The quantitative estimate of drug-likeness (QED) is 0.742. The Morgan fingerprint density at radius 3 is 2.24 bits per heavy atom. The van der Waals surface area contributed by atoms with Gasteiger partial charge < -0.3 is 4.74 Å². The number of benzene rings is 2. The Morgan fingerprint density at radius 1 is 0.952 bits per heavy atom. The molecule has 1 aliphatic heterocycles. The Labute approximate surface area is 131 Å². The molecule has 0 spiro atoms. The summed E-state index contributed by atoms with van der Waals surface area (Å²) in [6, 6.07) is 21.3. The number of thioether (sulfide) groups is 1. The Balaban J connectivity index is 1.83. The standard InChI is InChI=1S/C19H22OS/c1-19(2)14-13-17(21-16-11-7-4-8-12-16)18(20-19)15-9-5-3-6-10-15/h3-12,17-18H,13-14H2,1-2H3/t17-,18+/m0/s1. The molecule has 2 atom stereocenters. The van der Waals surface area contributed by atoms with Crippen molar-refractivity contribution in [3.63, 3.8) is 0 Å². The molecule has 2 aromatic rings. The zero-order valence-corrected chi connectivity index (χ0v) is 13.5. The molecule has 3 rings (SSSR count). The van der Waals surface area contributed by atoms with E-state index in [1.54, 1.807) is 0 Å². The van der Waals surface area contributed by atoms with E-state index in [1.807, 2.05) is 11.8 Å². The first-order valence-electron chi connectivity index (χ1n) is 7.58. The maximum absolute atomic E-state index is 6.42. The second kappa shape index (κ2) is 6.25. The van der Waals surface area contributed by atoms with Crippen LogP contribution in [0.25, 0.3) is 0 Å². The lowest BCUT2D eigenvalue weighted by Crippen LogP contribution is -2.37. The van der Waals surface area contributed by atoms with Gasteiger partial charge in [-0.15, -0.1) is 11.8 Å². The number of ether oxygens (including phenoxy) is 1. The molecule has 21 heavy (non-hydrogen) atoms. The first kappa shape index (κ1) is 14.7. The van der Waals surface area contributed by atoms with E-state index in [4.69, 9.17) is 4.74 Å². The molecule has 0 saturated carbocycles. The molecule has 2 heteroatoms. The smallest absolute Gasteiger partial charge is 0.0954 e. The average molecular weight is 298 g/mol. The van der Waals surface area contributed by atoms with Crippen LogP contribution in [-0.2, 0) is 4.74 Å². The van der Waals surface area contributed by atoms with Crippen LogP contribution in [0.1, 0.15) is 38.4 Å². The van der Waals surface area contributed by atoms with Gasteiger partial charge in [-0.25, -0.2) is 0 Å². The molecule has 2 aromatic carbocycles. The Bertz CT molecular complexity index is 565. The summed E-state index contributed by atoms with van der Waals surface area (Å²) < 4.78 is 6.42. The zero-order valence-electron chi connectivity index (χ0n) is 12.7. The van der Waals surface area contributed by atoms with Gasteiger partial charge in [0.15, 0.2) is 0 Å². The third-order valence-electron chi connectivity index (χ3n) is 3.97. The van der Waals surface area contributed by atoms with Crippen LogP contribution in [0.3, 0.4) is 0 Å². The highest BCUT2D eigenvalue weighted by atomic mass is 32.2. The normalized spacial score (nSPS) is 24.7. The summed E-state index contributed by atoms with van der Waals surface area (Å²) in [5, 5.41) is 0.475. The molecular formula is C19H22OS. The zero-order chi connectivity index (χ0) is 14.7. The van der Waals surface area contributed by atoms with Crippen molar-refractivity contribution < 1.29 is 4.74 Å². The lowest BCUT2D eigenvalue weighted by atomic mass is 9.92. The molecule has 1 nitrogen and oxygen atoms in total. The minimum Gasteiger partial charge on any atom is -0.366 e. The van der Waals surface area contributed by atoms with Gasteiger partial charge in [-0.3, -0.25) is 0 Å². The predicted octanol–water partition coefficient (Wildman–Crippen LogP) is 5.48. The van der Waals surface area contributed by atoms with Gasteiger partial charge in [-0.05, 0) is 44.4 Å². The van der Waals surface area contributed by atoms with Crippen LogP contribution in [0.15, 0.2) is 65.6 Å². The van der Waals surface area contributed by atoms with Crippen LogP contribution in [0.2, 0.25) is 0 Å². The van der Waals surface area contributed by atoms with Crippen molar-refractivity contribution in [1.82, 2.24) is 0 Å². The van der Waals surface area contributed by atoms with E-state index < -0.39 is 0 Å². The molecular weight excluding hydrogens is 276 g/mol. The van der Waals surface area contributed by atoms with Crippen LogP contribution < -0.4 is 0 Å². The van der Waals surface area contributed by atoms with Crippen LogP contribution in [-0.4, -0.2) is 10.9 Å². The van der Waals surface area contributed by atoms with Gasteiger partial charge in [0, 0.05) is 10.1 Å². The SMILES string of the molecule is CC1(C)CC[C@H](Sc2ccccc2)[C@@H](c2ccccc2)O1. The monoisotopic (exact) mass is 298 g/mol. The van der Waals surface area contributed by atoms with E-state index in [2.05, 4.69) is 74.5 Å².